The first-order valence-electron chi connectivity index (χ1n) is 7.76. The molecule has 1 aromatic carbocycles. The van der Waals surface area contributed by atoms with E-state index in [4.69, 9.17) is 16.6 Å². The van der Waals surface area contributed by atoms with Gasteiger partial charge in [-0.15, -0.1) is 0 Å². The van der Waals surface area contributed by atoms with Gasteiger partial charge in [0.05, 0.1) is 5.69 Å². The van der Waals surface area contributed by atoms with Gasteiger partial charge in [-0.05, 0) is 55.2 Å². The number of halogens is 1. The van der Waals surface area contributed by atoms with E-state index in [1.165, 1.54) is 11.3 Å². The van der Waals surface area contributed by atoms with E-state index in [2.05, 4.69) is 16.4 Å². The first-order chi connectivity index (χ1) is 11.3. The number of pyridine rings is 2. The molecule has 0 aliphatic heterocycles. The molecule has 0 saturated carbocycles. The van der Waals surface area contributed by atoms with E-state index in [1.54, 1.807) is 6.20 Å². The fraction of sp³-hybridized carbons (Fsp3) is 0.158. The fourth-order valence-corrected chi connectivity index (χ4v) is 3.21. The molecule has 3 aromatic rings. The first kappa shape index (κ1) is 14.2. The highest BCUT2D eigenvalue weighted by atomic mass is 35.5. The van der Waals surface area contributed by atoms with E-state index in [9.17, 15) is 0 Å². The molecular weight excluding hydrogens is 306 g/mol. The lowest BCUT2D eigenvalue weighted by molar-refractivity contribution is 0.900. The second-order valence-electron chi connectivity index (χ2n) is 5.68. The highest BCUT2D eigenvalue weighted by Crippen LogP contribution is 2.33. The molecule has 23 heavy (non-hydrogen) atoms. The number of aryl methyl sites for hydroxylation is 1. The number of aromatic nitrogens is 2. The van der Waals surface area contributed by atoms with Gasteiger partial charge >= 0.3 is 0 Å². The monoisotopic (exact) mass is 321 g/mol. The summed E-state index contributed by atoms with van der Waals surface area (Å²) in [5.74, 6) is 0.852. The van der Waals surface area contributed by atoms with Gasteiger partial charge in [0.25, 0.3) is 0 Å². The van der Waals surface area contributed by atoms with Crippen LogP contribution in [0.4, 0.5) is 11.5 Å². The average molecular weight is 322 g/mol. The van der Waals surface area contributed by atoms with Crippen LogP contribution in [0.5, 0.6) is 0 Å². The van der Waals surface area contributed by atoms with Crippen LogP contribution in [0.15, 0.2) is 54.7 Å². The molecule has 2 heterocycles. The third kappa shape index (κ3) is 2.92. The Morgan fingerprint density at radius 3 is 2.78 bits per heavy atom. The van der Waals surface area contributed by atoms with E-state index in [1.807, 2.05) is 42.5 Å². The molecule has 4 heteroatoms. The van der Waals surface area contributed by atoms with Crippen molar-refractivity contribution in [2.24, 2.45) is 0 Å². The molecule has 114 valence electrons. The lowest BCUT2D eigenvalue weighted by Gasteiger charge is -2.13. The van der Waals surface area contributed by atoms with Gasteiger partial charge in [-0.2, -0.15) is 0 Å². The summed E-state index contributed by atoms with van der Waals surface area (Å²) in [5, 5.41) is 4.17. The van der Waals surface area contributed by atoms with Crippen molar-refractivity contribution in [2.75, 3.05) is 5.32 Å². The minimum atomic E-state index is 0.726. The zero-order valence-electron chi connectivity index (χ0n) is 12.6. The molecule has 0 amide bonds. The number of nitrogens with zero attached hydrogens (tertiary/aromatic N) is 2. The minimum absolute atomic E-state index is 0.726. The van der Waals surface area contributed by atoms with Crippen molar-refractivity contribution in [1.29, 1.82) is 0 Å². The zero-order chi connectivity index (χ0) is 15.6. The summed E-state index contributed by atoms with van der Waals surface area (Å²) in [6, 6.07) is 15.8. The van der Waals surface area contributed by atoms with Gasteiger partial charge in [-0.1, -0.05) is 29.8 Å². The van der Waals surface area contributed by atoms with Crippen molar-refractivity contribution in [1.82, 2.24) is 9.97 Å². The molecule has 1 N–H and O–H groups in total. The van der Waals surface area contributed by atoms with Crippen LogP contribution >= 0.6 is 11.6 Å². The lowest BCUT2D eigenvalue weighted by atomic mass is 10.1. The number of rotatable bonds is 3. The molecule has 0 atom stereocenters. The quantitative estimate of drug-likeness (QED) is 0.735. The van der Waals surface area contributed by atoms with Gasteiger partial charge in [-0.25, -0.2) is 4.98 Å². The maximum absolute atomic E-state index is 6.13. The normalized spacial score (nSPS) is 12.9. The number of nitrogens with one attached hydrogen (secondary N) is 1. The summed E-state index contributed by atoms with van der Waals surface area (Å²) >= 11 is 6.13. The van der Waals surface area contributed by atoms with Gasteiger partial charge < -0.3 is 5.32 Å². The SMILES string of the molecule is Clc1cccc(-c2cc(Nc3ccccn3)c3c(n2)CCC3)c1. The third-order valence-corrected chi connectivity index (χ3v) is 4.33. The van der Waals surface area contributed by atoms with Crippen LogP contribution in [0, 0.1) is 0 Å². The van der Waals surface area contributed by atoms with Crippen LogP contribution in [0.3, 0.4) is 0 Å². The zero-order valence-corrected chi connectivity index (χ0v) is 13.3. The van der Waals surface area contributed by atoms with E-state index < -0.39 is 0 Å². The van der Waals surface area contributed by atoms with Crippen LogP contribution in [0.2, 0.25) is 5.02 Å². The van der Waals surface area contributed by atoms with Crippen LogP contribution in [0.25, 0.3) is 11.3 Å². The number of fused-ring (bicyclic) bond motifs is 1. The number of benzene rings is 1. The van der Waals surface area contributed by atoms with Gasteiger partial charge in [-0.3, -0.25) is 4.98 Å². The summed E-state index contributed by atoms with van der Waals surface area (Å²) in [6.07, 6.45) is 5.04. The van der Waals surface area contributed by atoms with E-state index >= 15 is 0 Å². The van der Waals surface area contributed by atoms with Gasteiger partial charge in [0.2, 0.25) is 0 Å². The Labute approximate surface area is 140 Å². The molecule has 1 aliphatic carbocycles. The van der Waals surface area contributed by atoms with Gasteiger partial charge in [0.15, 0.2) is 0 Å². The highest BCUT2D eigenvalue weighted by Gasteiger charge is 2.19. The Bertz CT molecular complexity index is 846. The predicted octanol–water partition coefficient (Wildman–Crippen LogP) is 5.03. The molecule has 0 spiro atoms. The van der Waals surface area contributed by atoms with Crippen molar-refractivity contribution in [3.8, 4) is 11.3 Å². The van der Waals surface area contributed by atoms with Crippen molar-refractivity contribution in [3.05, 3.63) is 71.0 Å². The Hall–Kier alpha value is -2.39. The van der Waals surface area contributed by atoms with E-state index in [0.717, 1.165) is 47.0 Å². The third-order valence-electron chi connectivity index (χ3n) is 4.10. The van der Waals surface area contributed by atoms with Crippen molar-refractivity contribution >= 4 is 23.1 Å². The van der Waals surface area contributed by atoms with Crippen molar-refractivity contribution in [3.63, 3.8) is 0 Å². The van der Waals surface area contributed by atoms with Crippen molar-refractivity contribution in [2.45, 2.75) is 19.3 Å². The average Bonchev–Trinajstić information content (AvgIpc) is 3.05. The number of anilines is 2. The lowest BCUT2D eigenvalue weighted by Crippen LogP contribution is -2.00. The Kier molecular flexibility index (Phi) is 3.72. The number of hydrogen-bond acceptors (Lipinski definition) is 3. The molecule has 1 aliphatic rings. The molecule has 0 unspecified atom stereocenters. The number of hydrogen-bond donors (Lipinski definition) is 1. The standard InChI is InChI=1S/C19H16ClN3/c20-14-6-3-5-13(11-14)17-12-18(15-7-4-8-16(15)22-17)23-19-9-1-2-10-21-19/h1-3,5-6,9-12H,4,7-8H2,(H,21,22,23). The molecule has 0 bridgehead atoms. The van der Waals surface area contributed by atoms with Crippen LogP contribution in [-0.4, -0.2) is 9.97 Å². The summed E-state index contributed by atoms with van der Waals surface area (Å²) < 4.78 is 0. The van der Waals surface area contributed by atoms with Crippen LogP contribution in [0.1, 0.15) is 17.7 Å². The molecule has 0 radical (unpaired) electrons. The minimum Gasteiger partial charge on any atom is -0.340 e. The predicted molar refractivity (Wildman–Crippen MR) is 94.2 cm³/mol. The Balaban J connectivity index is 1.79. The smallest absolute Gasteiger partial charge is 0.130 e. The highest BCUT2D eigenvalue weighted by molar-refractivity contribution is 6.30. The maximum atomic E-state index is 6.13. The summed E-state index contributed by atoms with van der Waals surface area (Å²) in [4.78, 5) is 9.21. The summed E-state index contributed by atoms with van der Waals surface area (Å²) in [6.45, 7) is 0. The van der Waals surface area contributed by atoms with E-state index in [0.29, 0.717) is 0 Å². The Morgan fingerprint density at radius 1 is 1.00 bits per heavy atom. The first-order valence-corrected chi connectivity index (χ1v) is 8.14. The fourth-order valence-electron chi connectivity index (χ4n) is 3.02. The summed E-state index contributed by atoms with van der Waals surface area (Å²) in [7, 11) is 0. The summed E-state index contributed by atoms with van der Waals surface area (Å²) in [5.41, 5.74) is 5.58. The second-order valence-corrected chi connectivity index (χ2v) is 6.12. The molecule has 0 fully saturated rings. The van der Waals surface area contributed by atoms with Crippen LogP contribution in [-0.2, 0) is 12.8 Å². The molecular formula is C19H16ClN3. The van der Waals surface area contributed by atoms with Gasteiger partial charge in [0.1, 0.15) is 5.82 Å². The topological polar surface area (TPSA) is 37.8 Å². The maximum Gasteiger partial charge on any atom is 0.130 e. The van der Waals surface area contributed by atoms with E-state index in [-0.39, 0.29) is 0 Å². The van der Waals surface area contributed by atoms with Gasteiger partial charge in [0, 0.05) is 28.2 Å². The Morgan fingerprint density at radius 2 is 1.96 bits per heavy atom. The molecule has 3 nitrogen and oxygen atoms in total. The largest absolute Gasteiger partial charge is 0.340 e. The van der Waals surface area contributed by atoms with Crippen molar-refractivity contribution < 1.29 is 0 Å². The molecule has 2 aromatic heterocycles. The molecule has 0 saturated heterocycles. The van der Waals surface area contributed by atoms with Crippen LogP contribution < -0.4 is 5.32 Å². The second kappa shape index (κ2) is 6.01. The molecule has 4 rings (SSSR count).